The summed E-state index contributed by atoms with van der Waals surface area (Å²) in [5.41, 5.74) is 4.88. The Morgan fingerprint density at radius 1 is 1.40 bits per heavy atom. The number of aliphatic hydroxyl groups excluding tert-OH is 1. The summed E-state index contributed by atoms with van der Waals surface area (Å²) in [6.45, 7) is 4.80. The highest BCUT2D eigenvalue weighted by atomic mass is 16.5. The number of benzene rings is 1. The van der Waals surface area contributed by atoms with E-state index in [1.807, 2.05) is 16.8 Å². The standard InChI is InChI=1S/C15H19N3O2/c1-10-5-3-6-13(11(10)2)18-15(12(9-19)16-17-18)14-7-4-8-20-14/h3,5-6,14,19H,4,7-9H2,1-2H3. The summed E-state index contributed by atoms with van der Waals surface area (Å²) in [6.07, 6.45) is 1.96. The molecule has 0 amide bonds. The number of rotatable bonds is 3. The summed E-state index contributed by atoms with van der Waals surface area (Å²) in [4.78, 5) is 0. The number of hydrogen-bond donors (Lipinski definition) is 1. The molecular weight excluding hydrogens is 254 g/mol. The van der Waals surface area contributed by atoms with Crippen molar-refractivity contribution < 1.29 is 9.84 Å². The molecule has 3 rings (SSSR count). The van der Waals surface area contributed by atoms with Gasteiger partial charge in [0.15, 0.2) is 0 Å². The van der Waals surface area contributed by atoms with Gasteiger partial charge in [-0.2, -0.15) is 0 Å². The van der Waals surface area contributed by atoms with Crippen LogP contribution in [0.4, 0.5) is 0 Å². The van der Waals surface area contributed by atoms with E-state index in [9.17, 15) is 5.11 Å². The lowest BCUT2D eigenvalue weighted by molar-refractivity contribution is 0.104. The molecule has 5 nitrogen and oxygen atoms in total. The Bertz CT molecular complexity index is 616. The molecule has 0 spiro atoms. The van der Waals surface area contributed by atoms with Gasteiger partial charge in [-0.15, -0.1) is 5.10 Å². The highest BCUT2D eigenvalue weighted by Gasteiger charge is 2.27. The monoisotopic (exact) mass is 273 g/mol. The minimum atomic E-state index is -0.111. The van der Waals surface area contributed by atoms with Crippen molar-refractivity contribution in [1.82, 2.24) is 15.0 Å². The van der Waals surface area contributed by atoms with Gasteiger partial charge in [0.25, 0.3) is 0 Å². The van der Waals surface area contributed by atoms with E-state index in [4.69, 9.17) is 4.74 Å². The van der Waals surface area contributed by atoms with E-state index < -0.39 is 0 Å². The largest absolute Gasteiger partial charge is 0.390 e. The average Bonchev–Trinajstić information content (AvgIpc) is 3.09. The fraction of sp³-hybridized carbons (Fsp3) is 0.467. The lowest BCUT2D eigenvalue weighted by Gasteiger charge is -2.15. The molecule has 2 aromatic rings. The highest BCUT2D eigenvalue weighted by Crippen LogP contribution is 2.32. The number of aliphatic hydroxyl groups is 1. The van der Waals surface area contributed by atoms with E-state index in [1.54, 1.807) is 0 Å². The zero-order valence-corrected chi connectivity index (χ0v) is 11.8. The Labute approximate surface area is 118 Å². The van der Waals surface area contributed by atoms with Crippen LogP contribution in [-0.4, -0.2) is 26.7 Å². The van der Waals surface area contributed by atoms with E-state index in [1.165, 1.54) is 11.1 Å². The van der Waals surface area contributed by atoms with Gasteiger partial charge in [-0.3, -0.25) is 0 Å². The Kier molecular flexibility index (Phi) is 3.54. The van der Waals surface area contributed by atoms with Crippen LogP contribution < -0.4 is 0 Å². The van der Waals surface area contributed by atoms with Crippen LogP contribution in [0.3, 0.4) is 0 Å². The molecule has 0 saturated carbocycles. The molecular formula is C15H19N3O2. The second kappa shape index (κ2) is 5.34. The lowest BCUT2D eigenvalue weighted by atomic mass is 10.1. The third kappa shape index (κ3) is 2.13. The Hall–Kier alpha value is -1.72. The summed E-state index contributed by atoms with van der Waals surface area (Å²) >= 11 is 0. The van der Waals surface area contributed by atoms with E-state index >= 15 is 0 Å². The molecule has 1 atom stereocenters. The minimum Gasteiger partial charge on any atom is -0.390 e. The molecule has 1 fully saturated rings. The fourth-order valence-corrected chi connectivity index (χ4v) is 2.69. The fourth-order valence-electron chi connectivity index (χ4n) is 2.69. The van der Waals surface area contributed by atoms with Crippen molar-refractivity contribution >= 4 is 0 Å². The highest BCUT2D eigenvalue weighted by molar-refractivity contribution is 5.45. The van der Waals surface area contributed by atoms with Gasteiger partial charge in [-0.05, 0) is 43.9 Å². The molecule has 1 aromatic carbocycles. The van der Waals surface area contributed by atoms with Crippen LogP contribution in [0.1, 0.15) is 41.5 Å². The Morgan fingerprint density at radius 3 is 2.95 bits per heavy atom. The molecule has 0 aliphatic carbocycles. The molecule has 5 heteroatoms. The molecule has 20 heavy (non-hydrogen) atoms. The molecule has 1 aliphatic heterocycles. The summed E-state index contributed by atoms with van der Waals surface area (Å²) in [7, 11) is 0. The molecule has 1 aromatic heterocycles. The molecule has 0 radical (unpaired) electrons. The van der Waals surface area contributed by atoms with E-state index in [0.29, 0.717) is 5.69 Å². The zero-order chi connectivity index (χ0) is 14.1. The molecule has 1 N–H and O–H groups in total. The maximum atomic E-state index is 9.49. The smallest absolute Gasteiger partial charge is 0.114 e. The van der Waals surface area contributed by atoms with Gasteiger partial charge >= 0.3 is 0 Å². The van der Waals surface area contributed by atoms with Gasteiger partial charge in [0.05, 0.1) is 18.0 Å². The molecule has 2 heterocycles. The van der Waals surface area contributed by atoms with Gasteiger partial charge < -0.3 is 9.84 Å². The first-order chi connectivity index (χ1) is 9.72. The van der Waals surface area contributed by atoms with Crippen molar-refractivity contribution in [3.63, 3.8) is 0 Å². The van der Waals surface area contributed by atoms with Crippen molar-refractivity contribution in [2.75, 3.05) is 6.61 Å². The first-order valence-electron chi connectivity index (χ1n) is 6.96. The number of aromatic nitrogens is 3. The van der Waals surface area contributed by atoms with Crippen molar-refractivity contribution in [3.8, 4) is 5.69 Å². The zero-order valence-electron chi connectivity index (χ0n) is 11.8. The normalized spacial score (nSPS) is 18.6. The first-order valence-corrected chi connectivity index (χ1v) is 6.96. The predicted molar refractivity (Wildman–Crippen MR) is 74.7 cm³/mol. The quantitative estimate of drug-likeness (QED) is 0.931. The summed E-state index contributed by atoms with van der Waals surface area (Å²) in [5, 5.41) is 17.8. The number of nitrogens with zero attached hydrogens (tertiary/aromatic N) is 3. The summed E-state index contributed by atoms with van der Waals surface area (Å²) < 4.78 is 7.58. The van der Waals surface area contributed by atoms with Crippen molar-refractivity contribution in [2.24, 2.45) is 0 Å². The second-order valence-electron chi connectivity index (χ2n) is 5.21. The van der Waals surface area contributed by atoms with Gasteiger partial charge in [-0.25, -0.2) is 4.68 Å². The van der Waals surface area contributed by atoms with E-state index in [-0.39, 0.29) is 12.7 Å². The number of aryl methyl sites for hydroxylation is 1. The first kappa shape index (κ1) is 13.3. The van der Waals surface area contributed by atoms with Gasteiger partial charge in [0.1, 0.15) is 11.8 Å². The second-order valence-corrected chi connectivity index (χ2v) is 5.21. The van der Waals surface area contributed by atoms with Crippen LogP contribution in [0.15, 0.2) is 18.2 Å². The predicted octanol–water partition coefficient (Wildman–Crippen LogP) is 2.23. The van der Waals surface area contributed by atoms with Gasteiger partial charge in [0.2, 0.25) is 0 Å². The van der Waals surface area contributed by atoms with Crippen molar-refractivity contribution in [2.45, 2.75) is 39.4 Å². The number of ether oxygens (including phenoxy) is 1. The third-order valence-electron chi connectivity index (χ3n) is 3.97. The minimum absolute atomic E-state index is 0.0212. The van der Waals surface area contributed by atoms with Crippen LogP contribution in [0, 0.1) is 13.8 Å². The topological polar surface area (TPSA) is 60.2 Å². The molecule has 1 saturated heterocycles. The van der Waals surface area contributed by atoms with Crippen LogP contribution >= 0.6 is 0 Å². The van der Waals surface area contributed by atoms with E-state index in [0.717, 1.165) is 30.8 Å². The molecule has 106 valence electrons. The molecule has 1 aliphatic rings. The van der Waals surface area contributed by atoms with Crippen LogP contribution in [-0.2, 0) is 11.3 Å². The SMILES string of the molecule is Cc1cccc(-n2nnc(CO)c2C2CCCO2)c1C. The molecule has 1 unspecified atom stereocenters. The van der Waals surface area contributed by atoms with Gasteiger partial charge in [-0.1, -0.05) is 17.3 Å². The average molecular weight is 273 g/mol. The summed E-state index contributed by atoms with van der Waals surface area (Å²) in [5.74, 6) is 0. The van der Waals surface area contributed by atoms with Gasteiger partial charge in [0, 0.05) is 6.61 Å². The molecule has 0 bridgehead atoms. The maximum Gasteiger partial charge on any atom is 0.114 e. The number of hydrogen-bond acceptors (Lipinski definition) is 4. The Morgan fingerprint density at radius 2 is 2.25 bits per heavy atom. The van der Waals surface area contributed by atoms with Crippen molar-refractivity contribution in [1.29, 1.82) is 0 Å². The summed E-state index contributed by atoms with van der Waals surface area (Å²) in [6, 6.07) is 6.11. The van der Waals surface area contributed by atoms with Crippen molar-refractivity contribution in [3.05, 3.63) is 40.7 Å². The van der Waals surface area contributed by atoms with Crippen LogP contribution in [0.2, 0.25) is 0 Å². The Balaban J connectivity index is 2.13. The van der Waals surface area contributed by atoms with E-state index in [2.05, 4.69) is 30.2 Å². The lowest BCUT2D eigenvalue weighted by Crippen LogP contribution is -2.10. The van der Waals surface area contributed by atoms with Crippen LogP contribution in [0.25, 0.3) is 5.69 Å². The third-order valence-corrected chi connectivity index (χ3v) is 3.97. The van der Waals surface area contributed by atoms with Crippen LogP contribution in [0.5, 0.6) is 0 Å². The maximum absolute atomic E-state index is 9.49.